The zero-order valence-corrected chi connectivity index (χ0v) is 11.5. The van der Waals surface area contributed by atoms with Crippen molar-refractivity contribution in [2.45, 2.75) is 0 Å². The summed E-state index contributed by atoms with van der Waals surface area (Å²) >= 11 is 12.5. The smallest absolute Gasteiger partial charge is 0.115 e. The van der Waals surface area contributed by atoms with Crippen molar-refractivity contribution in [1.29, 1.82) is 0 Å². The van der Waals surface area contributed by atoms with Crippen LogP contribution in [0.25, 0.3) is 17.2 Å². The van der Waals surface area contributed by atoms with Crippen molar-refractivity contribution < 1.29 is 10.2 Å². The highest BCUT2D eigenvalue weighted by atomic mass is 35.5. The van der Waals surface area contributed by atoms with Crippen molar-refractivity contribution >= 4 is 29.3 Å². The van der Waals surface area contributed by atoms with Crippen LogP contribution in [0.15, 0.2) is 42.5 Å². The summed E-state index contributed by atoms with van der Waals surface area (Å²) in [6.45, 7) is -0.0328. The maximum Gasteiger partial charge on any atom is 0.115 e. The molecule has 0 heterocycles. The van der Waals surface area contributed by atoms with Crippen LogP contribution >= 0.6 is 23.2 Å². The van der Waals surface area contributed by atoms with Crippen LogP contribution < -0.4 is 0 Å². The molecule has 0 unspecified atom stereocenters. The lowest BCUT2D eigenvalue weighted by atomic mass is 10.0. The van der Waals surface area contributed by atoms with Crippen molar-refractivity contribution in [3.8, 4) is 16.9 Å². The van der Waals surface area contributed by atoms with Crippen LogP contribution in [0, 0.1) is 0 Å². The summed E-state index contributed by atoms with van der Waals surface area (Å²) in [6, 6.07) is 10.2. The second-order valence-electron chi connectivity index (χ2n) is 3.99. The van der Waals surface area contributed by atoms with E-state index in [0.29, 0.717) is 10.0 Å². The van der Waals surface area contributed by atoms with Gasteiger partial charge in [0.05, 0.1) is 16.7 Å². The van der Waals surface area contributed by atoms with Gasteiger partial charge >= 0.3 is 0 Å². The molecule has 0 atom stereocenters. The lowest BCUT2D eigenvalue weighted by molar-refractivity contribution is 0.343. The maximum atomic E-state index is 9.28. The first kappa shape index (κ1) is 13.9. The maximum absolute atomic E-state index is 9.28. The molecule has 2 N–H and O–H groups in total. The van der Waals surface area contributed by atoms with E-state index in [2.05, 4.69) is 0 Å². The van der Waals surface area contributed by atoms with Gasteiger partial charge in [-0.1, -0.05) is 47.5 Å². The monoisotopic (exact) mass is 294 g/mol. The Labute approximate surface area is 121 Å². The van der Waals surface area contributed by atoms with E-state index in [1.807, 2.05) is 0 Å². The Bertz CT molecular complexity index is 581. The highest BCUT2D eigenvalue weighted by Gasteiger charge is 2.09. The largest absolute Gasteiger partial charge is 0.508 e. The number of phenolic OH excluding ortho intramolecular Hbond substituents is 1. The van der Waals surface area contributed by atoms with Gasteiger partial charge in [-0.2, -0.15) is 0 Å². The Morgan fingerprint density at radius 1 is 1.00 bits per heavy atom. The van der Waals surface area contributed by atoms with Gasteiger partial charge in [0, 0.05) is 5.56 Å². The van der Waals surface area contributed by atoms with Crippen molar-refractivity contribution in [3.05, 3.63) is 58.1 Å². The zero-order chi connectivity index (χ0) is 13.8. The van der Waals surface area contributed by atoms with Gasteiger partial charge in [-0.15, -0.1) is 0 Å². The van der Waals surface area contributed by atoms with Crippen LogP contribution in [0.5, 0.6) is 5.75 Å². The fourth-order valence-electron chi connectivity index (χ4n) is 1.78. The van der Waals surface area contributed by atoms with E-state index in [0.717, 1.165) is 16.7 Å². The minimum atomic E-state index is -0.0328. The molecule has 0 amide bonds. The predicted octanol–water partition coefficient (Wildman–Crippen LogP) is 4.37. The van der Waals surface area contributed by atoms with E-state index in [9.17, 15) is 5.11 Å². The lowest BCUT2D eigenvalue weighted by Gasteiger charge is -2.09. The number of hydrogen-bond acceptors (Lipinski definition) is 2. The topological polar surface area (TPSA) is 40.5 Å². The average Bonchev–Trinajstić information content (AvgIpc) is 2.38. The molecule has 2 aromatic rings. The fourth-order valence-corrected chi connectivity index (χ4v) is 2.50. The van der Waals surface area contributed by atoms with Crippen molar-refractivity contribution in [1.82, 2.24) is 0 Å². The highest BCUT2D eigenvalue weighted by molar-refractivity contribution is 6.39. The van der Waals surface area contributed by atoms with Gasteiger partial charge in [-0.05, 0) is 35.4 Å². The third-order valence-electron chi connectivity index (χ3n) is 2.64. The first-order valence-corrected chi connectivity index (χ1v) is 6.43. The minimum absolute atomic E-state index is 0.0328. The standard InChI is InChI=1S/C15H12Cl2O2/c16-13-8-10(2-1-7-18)9-14(17)15(13)11-3-5-12(19)6-4-11/h1-6,8-9,18-19H,7H2. The molecule has 0 saturated carbocycles. The molecule has 98 valence electrons. The van der Waals surface area contributed by atoms with Gasteiger partial charge < -0.3 is 10.2 Å². The summed E-state index contributed by atoms with van der Waals surface area (Å²) in [5.41, 5.74) is 2.39. The Morgan fingerprint density at radius 3 is 2.11 bits per heavy atom. The van der Waals surface area contributed by atoms with Crippen LogP contribution in [0.3, 0.4) is 0 Å². The second-order valence-corrected chi connectivity index (χ2v) is 4.81. The molecule has 0 aromatic heterocycles. The molecule has 0 bridgehead atoms. The summed E-state index contributed by atoms with van der Waals surface area (Å²) in [6.07, 6.45) is 3.36. The van der Waals surface area contributed by atoms with Gasteiger partial charge in [0.15, 0.2) is 0 Å². The van der Waals surface area contributed by atoms with E-state index in [1.54, 1.807) is 48.6 Å². The Morgan fingerprint density at radius 2 is 1.58 bits per heavy atom. The number of phenols is 1. The van der Waals surface area contributed by atoms with E-state index >= 15 is 0 Å². The number of aromatic hydroxyl groups is 1. The number of halogens is 2. The Kier molecular flexibility index (Phi) is 4.48. The third kappa shape index (κ3) is 3.29. The molecule has 19 heavy (non-hydrogen) atoms. The van der Waals surface area contributed by atoms with E-state index in [-0.39, 0.29) is 12.4 Å². The molecule has 0 spiro atoms. The lowest BCUT2D eigenvalue weighted by Crippen LogP contribution is -1.84. The van der Waals surface area contributed by atoms with Gasteiger partial charge in [-0.25, -0.2) is 0 Å². The summed E-state index contributed by atoms with van der Waals surface area (Å²) in [4.78, 5) is 0. The summed E-state index contributed by atoms with van der Waals surface area (Å²) in [5, 5.41) is 19.1. The highest BCUT2D eigenvalue weighted by Crippen LogP contribution is 2.36. The quantitative estimate of drug-likeness (QED) is 0.882. The average molecular weight is 295 g/mol. The molecule has 0 radical (unpaired) electrons. The van der Waals surface area contributed by atoms with E-state index in [1.165, 1.54) is 0 Å². The van der Waals surface area contributed by atoms with Gasteiger partial charge in [0.25, 0.3) is 0 Å². The van der Waals surface area contributed by atoms with Crippen molar-refractivity contribution in [2.24, 2.45) is 0 Å². The van der Waals surface area contributed by atoms with Gasteiger partial charge in [0.2, 0.25) is 0 Å². The van der Waals surface area contributed by atoms with Crippen LogP contribution in [-0.4, -0.2) is 16.8 Å². The molecular formula is C15H12Cl2O2. The second kappa shape index (κ2) is 6.11. The first-order chi connectivity index (χ1) is 9.11. The van der Waals surface area contributed by atoms with Crippen LogP contribution in [-0.2, 0) is 0 Å². The number of rotatable bonds is 3. The van der Waals surface area contributed by atoms with Gasteiger partial charge in [-0.3, -0.25) is 0 Å². The summed E-state index contributed by atoms with van der Waals surface area (Å²) < 4.78 is 0. The molecule has 0 fully saturated rings. The van der Waals surface area contributed by atoms with Crippen LogP contribution in [0.1, 0.15) is 5.56 Å². The third-order valence-corrected chi connectivity index (χ3v) is 3.23. The van der Waals surface area contributed by atoms with Crippen molar-refractivity contribution in [3.63, 3.8) is 0 Å². The van der Waals surface area contributed by atoms with E-state index in [4.69, 9.17) is 28.3 Å². The molecule has 0 saturated heterocycles. The summed E-state index contributed by atoms with van der Waals surface area (Å²) in [5.74, 6) is 0.193. The molecule has 2 aromatic carbocycles. The fraction of sp³-hybridized carbons (Fsp3) is 0.0667. The number of aliphatic hydroxyl groups is 1. The number of hydrogen-bond donors (Lipinski definition) is 2. The number of aliphatic hydroxyl groups excluding tert-OH is 1. The summed E-state index contributed by atoms with van der Waals surface area (Å²) in [7, 11) is 0. The normalized spacial score (nSPS) is 11.1. The predicted molar refractivity (Wildman–Crippen MR) is 79.7 cm³/mol. The van der Waals surface area contributed by atoms with Crippen LogP contribution in [0.4, 0.5) is 0 Å². The molecular weight excluding hydrogens is 283 g/mol. The molecule has 0 aliphatic heterocycles. The molecule has 2 rings (SSSR count). The SMILES string of the molecule is OCC=Cc1cc(Cl)c(-c2ccc(O)cc2)c(Cl)c1. The Hall–Kier alpha value is -1.48. The van der Waals surface area contributed by atoms with E-state index < -0.39 is 0 Å². The molecule has 4 heteroatoms. The Balaban J connectivity index is 2.47. The molecule has 2 nitrogen and oxygen atoms in total. The van der Waals surface area contributed by atoms with Gasteiger partial charge in [0.1, 0.15) is 5.75 Å². The van der Waals surface area contributed by atoms with Crippen LogP contribution in [0.2, 0.25) is 10.0 Å². The molecule has 0 aliphatic carbocycles. The zero-order valence-electron chi connectivity index (χ0n) is 9.98. The minimum Gasteiger partial charge on any atom is -0.508 e. The molecule has 0 aliphatic rings. The van der Waals surface area contributed by atoms with Crippen molar-refractivity contribution in [2.75, 3.05) is 6.61 Å². The first-order valence-electron chi connectivity index (χ1n) is 5.67. The number of benzene rings is 2.